The largest absolute Gasteiger partial charge is 0.228 e. The van der Waals surface area contributed by atoms with Crippen molar-refractivity contribution in [1.29, 1.82) is 0 Å². The van der Waals surface area contributed by atoms with Gasteiger partial charge in [0.2, 0.25) is 0 Å². The summed E-state index contributed by atoms with van der Waals surface area (Å²) in [5, 5.41) is 4.59. The second kappa shape index (κ2) is 17.7. The van der Waals surface area contributed by atoms with Crippen LogP contribution >= 0.6 is 0 Å². The first-order chi connectivity index (χ1) is 33.6. The zero-order chi connectivity index (χ0) is 45.2. The van der Waals surface area contributed by atoms with Crippen LogP contribution < -0.4 is 0 Å². The Morgan fingerprint density at radius 1 is 0.162 bits per heavy atom. The molecule has 0 saturated carbocycles. The SMILES string of the molecule is c1ccc(-c2cc(-c3ccccc3)cc(-c3cc(-c4cccc(-c5cccc(-c6nc(-c7ccc8ccccc8c7)nc(-c7ccc8ccccc8c7)n6)c5)c4)nc(-c4ccccc4)n3)c2)cc1. The van der Waals surface area contributed by atoms with Gasteiger partial charge in [-0.1, -0.05) is 200 Å². The molecule has 0 fully saturated rings. The van der Waals surface area contributed by atoms with Crippen LogP contribution in [0, 0.1) is 0 Å². The number of aromatic nitrogens is 5. The predicted octanol–water partition coefficient (Wildman–Crippen LogP) is 16.0. The minimum absolute atomic E-state index is 0.602. The summed E-state index contributed by atoms with van der Waals surface area (Å²) in [5.41, 5.74) is 14.0. The summed E-state index contributed by atoms with van der Waals surface area (Å²) >= 11 is 0. The molecule has 12 rings (SSSR count). The number of rotatable bonds is 9. The van der Waals surface area contributed by atoms with Crippen molar-refractivity contribution in [3.05, 3.63) is 249 Å². The van der Waals surface area contributed by atoms with Crippen LogP contribution in [0.2, 0.25) is 0 Å². The van der Waals surface area contributed by atoms with Crippen molar-refractivity contribution in [3.63, 3.8) is 0 Å². The normalized spacial score (nSPS) is 11.2. The van der Waals surface area contributed by atoms with Gasteiger partial charge in [0.05, 0.1) is 11.4 Å². The minimum atomic E-state index is 0.602. The van der Waals surface area contributed by atoms with Gasteiger partial charge in [-0.2, -0.15) is 0 Å². The van der Waals surface area contributed by atoms with E-state index in [2.05, 4.69) is 231 Å². The van der Waals surface area contributed by atoms with Crippen molar-refractivity contribution in [2.45, 2.75) is 0 Å². The molecule has 0 unspecified atom stereocenters. The van der Waals surface area contributed by atoms with Crippen LogP contribution in [0.3, 0.4) is 0 Å². The van der Waals surface area contributed by atoms with Crippen molar-refractivity contribution < 1.29 is 0 Å². The average Bonchev–Trinajstić information content (AvgIpc) is 3.43. The maximum atomic E-state index is 5.25. The minimum Gasteiger partial charge on any atom is -0.228 e. The fourth-order valence-electron chi connectivity index (χ4n) is 8.95. The summed E-state index contributed by atoms with van der Waals surface area (Å²) in [4.78, 5) is 25.9. The molecule has 0 atom stereocenters. The van der Waals surface area contributed by atoms with Crippen molar-refractivity contribution in [2.24, 2.45) is 0 Å². The molecule has 2 aromatic heterocycles. The smallest absolute Gasteiger partial charge is 0.164 e. The quantitative estimate of drug-likeness (QED) is 0.145. The van der Waals surface area contributed by atoms with Crippen LogP contribution in [0.15, 0.2) is 249 Å². The summed E-state index contributed by atoms with van der Waals surface area (Å²) in [6.07, 6.45) is 0. The van der Waals surface area contributed by atoms with E-state index >= 15 is 0 Å². The molecule has 0 bridgehead atoms. The van der Waals surface area contributed by atoms with Gasteiger partial charge in [0.25, 0.3) is 0 Å². The maximum Gasteiger partial charge on any atom is 0.164 e. The van der Waals surface area contributed by atoms with Crippen molar-refractivity contribution in [3.8, 4) is 101 Å². The number of fused-ring (bicyclic) bond motifs is 2. The summed E-state index contributed by atoms with van der Waals surface area (Å²) in [7, 11) is 0. The standard InChI is InChI=1S/C63H41N5/c1-4-16-42(17-5-1)55-38-56(43-18-6-2-7-19-43)40-57(39-55)59-41-58(64-60(65-59)46-22-8-3-9-23-46)51-28-14-26-49(34-51)50-27-15-29-52(37-50)61-66-62(53-32-30-44-20-10-12-24-47(44)35-53)68-63(67-61)54-33-31-45-21-11-13-25-48(45)36-54/h1-41H. The molecule has 12 aromatic rings. The molecule has 0 saturated heterocycles. The first-order valence-corrected chi connectivity index (χ1v) is 22.8. The zero-order valence-corrected chi connectivity index (χ0v) is 36.9. The molecule has 0 N–H and O–H groups in total. The van der Waals surface area contributed by atoms with Crippen molar-refractivity contribution in [2.75, 3.05) is 0 Å². The molecule has 0 aliphatic heterocycles. The van der Waals surface area contributed by atoms with Gasteiger partial charge in [-0.05, 0) is 103 Å². The first kappa shape index (κ1) is 40.3. The zero-order valence-electron chi connectivity index (χ0n) is 36.9. The molecular weight excluding hydrogens is 827 g/mol. The van der Waals surface area contributed by atoms with Gasteiger partial charge in [0.15, 0.2) is 23.3 Å². The average molecular weight is 868 g/mol. The molecule has 10 aromatic carbocycles. The Bertz CT molecular complexity index is 3640. The van der Waals surface area contributed by atoms with E-state index in [0.29, 0.717) is 23.3 Å². The second-order valence-corrected chi connectivity index (χ2v) is 17.0. The van der Waals surface area contributed by atoms with Gasteiger partial charge >= 0.3 is 0 Å². The van der Waals surface area contributed by atoms with Crippen molar-refractivity contribution >= 4 is 21.5 Å². The van der Waals surface area contributed by atoms with Crippen LogP contribution in [-0.2, 0) is 0 Å². The lowest BCUT2D eigenvalue weighted by atomic mass is 9.94. The molecule has 318 valence electrons. The highest BCUT2D eigenvalue weighted by Gasteiger charge is 2.17. The van der Waals surface area contributed by atoms with E-state index in [9.17, 15) is 0 Å². The molecule has 0 amide bonds. The predicted molar refractivity (Wildman–Crippen MR) is 279 cm³/mol. The van der Waals surface area contributed by atoms with Gasteiger partial charge in [0, 0.05) is 33.4 Å². The molecule has 68 heavy (non-hydrogen) atoms. The number of hydrogen-bond acceptors (Lipinski definition) is 5. The Balaban J connectivity index is 0.963. The van der Waals surface area contributed by atoms with E-state index in [-0.39, 0.29) is 0 Å². The molecule has 0 aliphatic carbocycles. The van der Waals surface area contributed by atoms with E-state index < -0.39 is 0 Å². The fraction of sp³-hybridized carbons (Fsp3) is 0. The number of nitrogens with zero attached hydrogens (tertiary/aromatic N) is 5. The molecular formula is C63H41N5. The highest BCUT2D eigenvalue weighted by atomic mass is 15.0. The van der Waals surface area contributed by atoms with E-state index in [1.165, 1.54) is 10.8 Å². The molecule has 5 heteroatoms. The van der Waals surface area contributed by atoms with Gasteiger partial charge in [-0.25, -0.2) is 24.9 Å². The van der Waals surface area contributed by atoms with Crippen LogP contribution in [0.25, 0.3) is 123 Å². The maximum absolute atomic E-state index is 5.25. The van der Waals surface area contributed by atoms with Gasteiger partial charge in [0.1, 0.15) is 0 Å². The van der Waals surface area contributed by atoms with Crippen LogP contribution in [0.4, 0.5) is 0 Å². The fourth-order valence-corrected chi connectivity index (χ4v) is 8.95. The lowest BCUT2D eigenvalue weighted by molar-refractivity contribution is 1.08. The third kappa shape index (κ3) is 8.21. The third-order valence-electron chi connectivity index (χ3n) is 12.5. The second-order valence-electron chi connectivity index (χ2n) is 17.0. The van der Waals surface area contributed by atoms with E-state index in [1.54, 1.807) is 0 Å². The Morgan fingerprint density at radius 3 is 1.01 bits per heavy atom. The Morgan fingerprint density at radius 2 is 0.500 bits per heavy atom. The summed E-state index contributed by atoms with van der Waals surface area (Å²) in [5.74, 6) is 2.51. The summed E-state index contributed by atoms with van der Waals surface area (Å²) < 4.78 is 0. The summed E-state index contributed by atoms with van der Waals surface area (Å²) in [6, 6.07) is 86.7. The van der Waals surface area contributed by atoms with Gasteiger partial charge in [-0.3, -0.25) is 0 Å². The highest BCUT2D eigenvalue weighted by molar-refractivity contribution is 5.89. The Kier molecular flexibility index (Phi) is 10.5. The van der Waals surface area contributed by atoms with E-state index in [4.69, 9.17) is 24.9 Å². The monoisotopic (exact) mass is 867 g/mol. The Hall–Kier alpha value is -9.19. The number of benzene rings is 10. The topological polar surface area (TPSA) is 64.5 Å². The highest BCUT2D eigenvalue weighted by Crippen LogP contribution is 2.36. The first-order valence-electron chi connectivity index (χ1n) is 22.8. The molecule has 5 nitrogen and oxygen atoms in total. The van der Waals surface area contributed by atoms with Gasteiger partial charge < -0.3 is 0 Å². The van der Waals surface area contributed by atoms with Crippen LogP contribution in [0.5, 0.6) is 0 Å². The molecule has 0 radical (unpaired) electrons. The van der Waals surface area contributed by atoms with Crippen molar-refractivity contribution in [1.82, 2.24) is 24.9 Å². The molecule has 0 spiro atoms. The summed E-state index contributed by atoms with van der Waals surface area (Å²) in [6.45, 7) is 0. The van der Waals surface area contributed by atoms with Crippen LogP contribution in [0.1, 0.15) is 0 Å². The molecule has 2 heterocycles. The van der Waals surface area contributed by atoms with Crippen LogP contribution in [-0.4, -0.2) is 24.9 Å². The lowest BCUT2D eigenvalue weighted by Crippen LogP contribution is -2.00. The number of hydrogen-bond donors (Lipinski definition) is 0. The van der Waals surface area contributed by atoms with E-state index in [1.807, 2.05) is 18.2 Å². The van der Waals surface area contributed by atoms with E-state index in [0.717, 1.165) is 88.9 Å². The van der Waals surface area contributed by atoms with Gasteiger partial charge in [-0.15, -0.1) is 0 Å². The third-order valence-corrected chi connectivity index (χ3v) is 12.5. The molecule has 0 aliphatic rings. The Labute approximate surface area is 394 Å². The lowest BCUT2D eigenvalue weighted by Gasteiger charge is -2.14.